The molecule has 23 heavy (non-hydrogen) atoms. The van der Waals surface area contributed by atoms with E-state index in [0.717, 1.165) is 12.0 Å². The molecule has 0 saturated carbocycles. The molecule has 0 aliphatic rings. The van der Waals surface area contributed by atoms with Crippen molar-refractivity contribution in [3.8, 4) is 0 Å². The van der Waals surface area contributed by atoms with Crippen LogP contribution in [0.2, 0.25) is 0 Å². The van der Waals surface area contributed by atoms with Crippen LogP contribution in [0, 0.1) is 6.92 Å². The van der Waals surface area contributed by atoms with Crippen LogP contribution in [-0.4, -0.2) is 23.3 Å². The van der Waals surface area contributed by atoms with Gasteiger partial charge in [-0.3, -0.25) is 9.59 Å². The maximum absolute atomic E-state index is 12.2. The van der Waals surface area contributed by atoms with Crippen molar-refractivity contribution < 1.29 is 9.59 Å². The topological polar surface area (TPSA) is 71.1 Å². The number of amides is 2. The Hall–Kier alpha value is -2.69. The summed E-state index contributed by atoms with van der Waals surface area (Å²) in [6, 6.07) is 12.8. The van der Waals surface area contributed by atoms with Gasteiger partial charge in [-0.25, -0.2) is 4.98 Å². The molecule has 0 aliphatic heterocycles. The summed E-state index contributed by atoms with van der Waals surface area (Å²) in [6.07, 6.45) is 0.850. The Kier molecular flexibility index (Phi) is 5.86. The van der Waals surface area contributed by atoms with Gasteiger partial charge in [-0.15, -0.1) is 0 Å². The average molecular weight is 311 g/mol. The zero-order valence-electron chi connectivity index (χ0n) is 13.4. The quantitative estimate of drug-likeness (QED) is 0.861. The van der Waals surface area contributed by atoms with E-state index in [9.17, 15) is 9.59 Å². The summed E-state index contributed by atoms with van der Waals surface area (Å²) >= 11 is 0. The zero-order valence-corrected chi connectivity index (χ0v) is 13.4. The van der Waals surface area contributed by atoms with Crippen LogP contribution in [0.1, 0.15) is 45.4 Å². The summed E-state index contributed by atoms with van der Waals surface area (Å²) in [6.45, 7) is 5.00. The second kappa shape index (κ2) is 8.08. The Bertz CT molecular complexity index is 681. The summed E-state index contributed by atoms with van der Waals surface area (Å²) in [7, 11) is 0. The fourth-order valence-electron chi connectivity index (χ4n) is 2.00. The number of aryl methyl sites for hydroxylation is 1. The first-order valence-electron chi connectivity index (χ1n) is 7.69. The molecule has 0 radical (unpaired) electrons. The standard InChI is InChI=1S/C18H21N3O2/c1-3-11-19-17(22)15-5-4-6-16(21-15)18(23)20-12-14-9-7-13(2)8-10-14/h4-10H,3,11-12H2,1-2H3,(H,19,22)(H,20,23). The molecule has 2 aromatic rings. The lowest BCUT2D eigenvalue weighted by Crippen LogP contribution is -2.27. The van der Waals surface area contributed by atoms with Gasteiger partial charge in [0, 0.05) is 13.1 Å². The van der Waals surface area contributed by atoms with E-state index < -0.39 is 0 Å². The van der Waals surface area contributed by atoms with Gasteiger partial charge in [0.2, 0.25) is 0 Å². The first-order chi connectivity index (χ1) is 11.1. The Balaban J connectivity index is 1.99. The Labute approximate surface area is 136 Å². The molecule has 0 saturated heterocycles. The predicted octanol–water partition coefficient (Wildman–Crippen LogP) is 2.46. The van der Waals surface area contributed by atoms with Crippen molar-refractivity contribution in [2.45, 2.75) is 26.8 Å². The fraction of sp³-hybridized carbons (Fsp3) is 0.278. The van der Waals surface area contributed by atoms with Crippen LogP contribution in [0.15, 0.2) is 42.5 Å². The molecule has 120 valence electrons. The van der Waals surface area contributed by atoms with Gasteiger partial charge in [0.25, 0.3) is 11.8 Å². The molecule has 0 aliphatic carbocycles. The van der Waals surface area contributed by atoms with Crippen molar-refractivity contribution in [1.29, 1.82) is 0 Å². The molecule has 5 nitrogen and oxygen atoms in total. The molecule has 0 atom stereocenters. The van der Waals surface area contributed by atoms with Gasteiger partial charge in [-0.05, 0) is 31.0 Å². The molecule has 2 amide bonds. The number of pyridine rings is 1. The van der Waals surface area contributed by atoms with Crippen LogP contribution in [0.4, 0.5) is 0 Å². The number of hydrogen-bond acceptors (Lipinski definition) is 3. The van der Waals surface area contributed by atoms with E-state index in [1.165, 1.54) is 5.56 Å². The van der Waals surface area contributed by atoms with Gasteiger partial charge in [0.1, 0.15) is 11.4 Å². The molecule has 2 rings (SSSR count). The Morgan fingerprint density at radius 3 is 2.17 bits per heavy atom. The van der Waals surface area contributed by atoms with Crippen molar-refractivity contribution in [1.82, 2.24) is 15.6 Å². The van der Waals surface area contributed by atoms with E-state index in [4.69, 9.17) is 0 Å². The number of benzene rings is 1. The third kappa shape index (κ3) is 4.92. The summed E-state index contributed by atoms with van der Waals surface area (Å²) in [5.74, 6) is -0.559. The molecule has 1 aromatic heterocycles. The Morgan fingerprint density at radius 1 is 0.957 bits per heavy atom. The number of nitrogens with zero attached hydrogens (tertiary/aromatic N) is 1. The second-order valence-corrected chi connectivity index (χ2v) is 5.33. The first kappa shape index (κ1) is 16.7. The molecule has 0 spiro atoms. The maximum atomic E-state index is 12.2. The van der Waals surface area contributed by atoms with Crippen LogP contribution in [0.3, 0.4) is 0 Å². The normalized spacial score (nSPS) is 10.2. The highest BCUT2D eigenvalue weighted by Gasteiger charge is 2.11. The molecular formula is C18H21N3O2. The largest absolute Gasteiger partial charge is 0.351 e. The first-order valence-corrected chi connectivity index (χ1v) is 7.69. The number of carbonyl (C=O) groups is 2. The SMILES string of the molecule is CCCNC(=O)c1cccc(C(=O)NCc2ccc(C)cc2)n1. The highest BCUT2D eigenvalue weighted by Crippen LogP contribution is 2.04. The van der Waals surface area contributed by atoms with Gasteiger partial charge in [-0.2, -0.15) is 0 Å². The molecule has 5 heteroatoms. The minimum Gasteiger partial charge on any atom is -0.351 e. The van der Waals surface area contributed by atoms with Gasteiger partial charge < -0.3 is 10.6 Å². The van der Waals surface area contributed by atoms with E-state index >= 15 is 0 Å². The number of hydrogen-bond donors (Lipinski definition) is 2. The summed E-state index contributed by atoms with van der Waals surface area (Å²) in [5.41, 5.74) is 2.68. The van der Waals surface area contributed by atoms with E-state index in [0.29, 0.717) is 13.1 Å². The van der Waals surface area contributed by atoms with Crippen LogP contribution in [0.25, 0.3) is 0 Å². The number of carbonyl (C=O) groups excluding carboxylic acids is 2. The second-order valence-electron chi connectivity index (χ2n) is 5.33. The molecule has 0 unspecified atom stereocenters. The smallest absolute Gasteiger partial charge is 0.270 e. The van der Waals surface area contributed by atoms with Gasteiger partial charge in [-0.1, -0.05) is 42.8 Å². The highest BCUT2D eigenvalue weighted by molar-refractivity contribution is 5.96. The van der Waals surface area contributed by atoms with E-state index in [2.05, 4.69) is 15.6 Å². The third-order valence-corrected chi connectivity index (χ3v) is 3.32. The average Bonchev–Trinajstić information content (AvgIpc) is 2.59. The zero-order chi connectivity index (χ0) is 16.7. The van der Waals surface area contributed by atoms with Gasteiger partial charge >= 0.3 is 0 Å². The van der Waals surface area contributed by atoms with E-state index in [-0.39, 0.29) is 23.2 Å². The molecule has 0 fully saturated rings. The van der Waals surface area contributed by atoms with Crippen molar-refractivity contribution >= 4 is 11.8 Å². The predicted molar refractivity (Wildman–Crippen MR) is 89.2 cm³/mol. The van der Waals surface area contributed by atoms with Crippen molar-refractivity contribution in [3.05, 3.63) is 65.0 Å². The summed E-state index contributed by atoms with van der Waals surface area (Å²) in [4.78, 5) is 28.2. The van der Waals surface area contributed by atoms with Crippen molar-refractivity contribution in [3.63, 3.8) is 0 Å². The number of aromatic nitrogens is 1. The van der Waals surface area contributed by atoms with Crippen LogP contribution in [0.5, 0.6) is 0 Å². The Morgan fingerprint density at radius 2 is 1.57 bits per heavy atom. The fourth-order valence-corrected chi connectivity index (χ4v) is 2.00. The summed E-state index contributed by atoms with van der Waals surface area (Å²) in [5, 5.41) is 5.56. The number of rotatable bonds is 6. The monoisotopic (exact) mass is 311 g/mol. The molecule has 0 bridgehead atoms. The lowest BCUT2D eigenvalue weighted by atomic mass is 10.1. The minimum atomic E-state index is -0.296. The minimum absolute atomic E-state index is 0.237. The van der Waals surface area contributed by atoms with Crippen LogP contribution < -0.4 is 10.6 Å². The lowest BCUT2D eigenvalue weighted by molar-refractivity contribution is 0.0942. The van der Waals surface area contributed by atoms with Crippen molar-refractivity contribution in [2.75, 3.05) is 6.54 Å². The van der Waals surface area contributed by atoms with E-state index in [1.54, 1.807) is 18.2 Å². The van der Waals surface area contributed by atoms with Crippen molar-refractivity contribution in [2.24, 2.45) is 0 Å². The molecular weight excluding hydrogens is 290 g/mol. The third-order valence-electron chi connectivity index (χ3n) is 3.32. The summed E-state index contributed by atoms with van der Waals surface area (Å²) < 4.78 is 0. The maximum Gasteiger partial charge on any atom is 0.270 e. The van der Waals surface area contributed by atoms with Gasteiger partial charge in [0.15, 0.2) is 0 Å². The van der Waals surface area contributed by atoms with E-state index in [1.807, 2.05) is 38.1 Å². The van der Waals surface area contributed by atoms with Crippen LogP contribution >= 0.6 is 0 Å². The number of nitrogens with one attached hydrogen (secondary N) is 2. The van der Waals surface area contributed by atoms with Gasteiger partial charge in [0.05, 0.1) is 0 Å². The highest BCUT2D eigenvalue weighted by atomic mass is 16.2. The lowest BCUT2D eigenvalue weighted by Gasteiger charge is -2.07. The van der Waals surface area contributed by atoms with Crippen LogP contribution in [-0.2, 0) is 6.54 Å². The molecule has 1 heterocycles. The molecule has 1 aromatic carbocycles. The molecule has 2 N–H and O–H groups in total.